The van der Waals surface area contributed by atoms with Crippen molar-refractivity contribution in [1.29, 1.82) is 0 Å². The summed E-state index contributed by atoms with van der Waals surface area (Å²) in [4.78, 5) is 11.7. The van der Waals surface area contributed by atoms with Crippen molar-refractivity contribution in [2.75, 3.05) is 11.9 Å². The summed E-state index contributed by atoms with van der Waals surface area (Å²) in [6.07, 6.45) is 1.99. The molecular weight excluding hydrogens is 214 g/mol. The van der Waals surface area contributed by atoms with Gasteiger partial charge in [0.05, 0.1) is 5.69 Å². The molecule has 0 radical (unpaired) electrons. The lowest BCUT2D eigenvalue weighted by Crippen LogP contribution is -2.14. The summed E-state index contributed by atoms with van der Waals surface area (Å²) in [7, 11) is 0. The Morgan fingerprint density at radius 1 is 1.47 bits per heavy atom. The van der Waals surface area contributed by atoms with E-state index in [1.165, 1.54) is 0 Å². The number of nitrogens with one attached hydrogen (secondary N) is 1. The van der Waals surface area contributed by atoms with E-state index in [1.807, 2.05) is 24.3 Å². The molecular formula is C14H15NO2. The number of carbonyl (C=O) groups is 1. The predicted molar refractivity (Wildman–Crippen MR) is 66.7 cm³/mol. The molecule has 1 aromatic rings. The summed E-state index contributed by atoms with van der Waals surface area (Å²) in [6.45, 7) is 2.11. The first-order valence-electron chi connectivity index (χ1n) is 5.73. The van der Waals surface area contributed by atoms with Crippen LogP contribution in [0.4, 0.5) is 5.69 Å². The Balaban J connectivity index is 2.02. The van der Waals surface area contributed by atoms with Crippen molar-refractivity contribution in [2.45, 2.75) is 19.8 Å². The normalized spacial score (nSPS) is 13.5. The predicted octanol–water partition coefficient (Wildman–Crippen LogP) is 2.44. The van der Waals surface area contributed by atoms with Crippen LogP contribution in [0.25, 0.3) is 0 Å². The third-order valence-corrected chi connectivity index (χ3v) is 2.57. The van der Waals surface area contributed by atoms with Crippen LogP contribution in [0.15, 0.2) is 24.3 Å². The molecule has 0 aliphatic heterocycles. The zero-order chi connectivity index (χ0) is 12.1. The van der Waals surface area contributed by atoms with Crippen LogP contribution in [0.1, 0.15) is 19.8 Å². The highest BCUT2D eigenvalue weighted by atomic mass is 16.5. The number of hydrogen-bond donors (Lipinski definition) is 1. The van der Waals surface area contributed by atoms with Crippen molar-refractivity contribution in [3.63, 3.8) is 0 Å². The topological polar surface area (TPSA) is 38.3 Å². The van der Waals surface area contributed by atoms with E-state index in [0.717, 1.165) is 18.5 Å². The molecule has 1 aromatic carbocycles. The second-order valence-corrected chi connectivity index (χ2v) is 3.98. The molecule has 0 saturated heterocycles. The lowest BCUT2D eigenvalue weighted by Gasteiger charge is -2.10. The molecule has 1 aliphatic rings. The highest BCUT2D eigenvalue weighted by molar-refractivity contribution is 5.95. The third-order valence-electron chi connectivity index (χ3n) is 2.57. The van der Waals surface area contributed by atoms with E-state index in [2.05, 4.69) is 17.2 Å². The summed E-state index contributed by atoms with van der Waals surface area (Å²) >= 11 is 0. The van der Waals surface area contributed by atoms with Gasteiger partial charge in [0.25, 0.3) is 0 Å². The van der Waals surface area contributed by atoms with E-state index in [4.69, 9.17) is 4.74 Å². The number of carbonyl (C=O) groups excluding carboxylic acids is 1. The van der Waals surface area contributed by atoms with Crippen LogP contribution in [0.5, 0.6) is 5.75 Å². The molecule has 1 aliphatic carbocycles. The maximum atomic E-state index is 11.7. The van der Waals surface area contributed by atoms with Gasteiger partial charge in [-0.25, -0.2) is 0 Å². The first-order valence-corrected chi connectivity index (χ1v) is 5.73. The molecule has 2 rings (SSSR count). The van der Waals surface area contributed by atoms with Gasteiger partial charge < -0.3 is 10.1 Å². The minimum atomic E-state index is 0.0858. The molecule has 1 saturated carbocycles. The van der Waals surface area contributed by atoms with Gasteiger partial charge in [-0.1, -0.05) is 18.1 Å². The average Bonchev–Trinajstić information content (AvgIpc) is 3.15. The second kappa shape index (κ2) is 5.40. The summed E-state index contributed by atoms with van der Waals surface area (Å²) in [5, 5.41) is 2.89. The zero-order valence-corrected chi connectivity index (χ0v) is 9.82. The van der Waals surface area contributed by atoms with Gasteiger partial charge in [0.1, 0.15) is 12.4 Å². The van der Waals surface area contributed by atoms with E-state index in [-0.39, 0.29) is 11.8 Å². The zero-order valence-electron chi connectivity index (χ0n) is 9.82. The molecule has 0 unspecified atom stereocenters. The largest absolute Gasteiger partial charge is 0.479 e. The number of hydrogen-bond acceptors (Lipinski definition) is 2. The fourth-order valence-electron chi connectivity index (χ4n) is 1.46. The van der Waals surface area contributed by atoms with E-state index in [0.29, 0.717) is 12.4 Å². The first-order chi connectivity index (χ1) is 8.31. The molecule has 88 valence electrons. The molecule has 0 bridgehead atoms. The lowest BCUT2D eigenvalue weighted by atomic mass is 10.2. The van der Waals surface area contributed by atoms with Gasteiger partial charge in [-0.2, -0.15) is 0 Å². The highest BCUT2D eigenvalue weighted by Crippen LogP contribution is 2.32. The van der Waals surface area contributed by atoms with Crippen LogP contribution < -0.4 is 10.1 Å². The van der Waals surface area contributed by atoms with Crippen LogP contribution in [0.2, 0.25) is 0 Å². The van der Waals surface area contributed by atoms with Gasteiger partial charge in [0.2, 0.25) is 5.91 Å². The van der Waals surface area contributed by atoms with Gasteiger partial charge >= 0.3 is 0 Å². The van der Waals surface area contributed by atoms with Gasteiger partial charge in [-0.05, 0) is 31.9 Å². The fourth-order valence-corrected chi connectivity index (χ4v) is 1.46. The maximum absolute atomic E-state index is 11.7. The maximum Gasteiger partial charge on any atom is 0.227 e. The highest BCUT2D eigenvalue weighted by Gasteiger charge is 2.29. The van der Waals surface area contributed by atoms with E-state index in [1.54, 1.807) is 6.92 Å². The molecule has 17 heavy (non-hydrogen) atoms. The smallest absolute Gasteiger partial charge is 0.227 e. The quantitative estimate of drug-likeness (QED) is 0.805. The van der Waals surface area contributed by atoms with Crippen LogP contribution in [0.3, 0.4) is 0 Å². The number of anilines is 1. The Kier molecular flexibility index (Phi) is 3.66. The van der Waals surface area contributed by atoms with Crippen molar-refractivity contribution < 1.29 is 9.53 Å². The monoisotopic (exact) mass is 229 g/mol. The van der Waals surface area contributed by atoms with Crippen LogP contribution in [-0.2, 0) is 4.79 Å². The molecule has 0 aromatic heterocycles. The van der Waals surface area contributed by atoms with E-state index in [9.17, 15) is 4.79 Å². The SMILES string of the molecule is CC#CCOc1ccccc1NC(=O)C1CC1. The third kappa shape index (κ3) is 3.25. The van der Waals surface area contributed by atoms with Crippen molar-refractivity contribution in [3.05, 3.63) is 24.3 Å². The Labute approximate surface area is 101 Å². The van der Waals surface area contributed by atoms with Crippen LogP contribution in [-0.4, -0.2) is 12.5 Å². The van der Waals surface area contributed by atoms with E-state index >= 15 is 0 Å². The van der Waals surface area contributed by atoms with Crippen LogP contribution >= 0.6 is 0 Å². The van der Waals surface area contributed by atoms with Gasteiger partial charge in [-0.15, -0.1) is 5.92 Å². The molecule has 1 fully saturated rings. The minimum Gasteiger partial charge on any atom is -0.479 e. The number of benzene rings is 1. The van der Waals surface area contributed by atoms with Crippen molar-refractivity contribution >= 4 is 11.6 Å². The summed E-state index contributed by atoms with van der Waals surface area (Å²) in [5.74, 6) is 6.54. The van der Waals surface area contributed by atoms with Crippen LogP contribution in [0, 0.1) is 17.8 Å². The molecule has 0 atom stereocenters. The minimum absolute atomic E-state index is 0.0858. The molecule has 3 heteroatoms. The molecule has 0 heterocycles. The van der Waals surface area contributed by atoms with Crippen molar-refractivity contribution in [1.82, 2.24) is 0 Å². The molecule has 1 N–H and O–H groups in total. The summed E-state index contributed by atoms with van der Waals surface area (Å²) in [5.41, 5.74) is 0.724. The number of para-hydroxylation sites is 2. The molecule has 1 amide bonds. The Morgan fingerprint density at radius 3 is 2.94 bits per heavy atom. The number of amides is 1. The number of ether oxygens (including phenoxy) is 1. The first kappa shape index (κ1) is 11.5. The Bertz CT molecular complexity index is 467. The van der Waals surface area contributed by atoms with Gasteiger partial charge in [0, 0.05) is 5.92 Å². The fraction of sp³-hybridized carbons (Fsp3) is 0.357. The average molecular weight is 229 g/mol. The lowest BCUT2D eigenvalue weighted by molar-refractivity contribution is -0.117. The van der Waals surface area contributed by atoms with Gasteiger partial charge in [-0.3, -0.25) is 4.79 Å². The van der Waals surface area contributed by atoms with Crippen molar-refractivity contribution in [3.8, 4) is 17.6 Å². The van der Waals surface area contributed by atoms with E-state index < -0.39 is 0 Å². The Hall–Kier alpha value is -1.95. The Morgan fingerprint density at radius 2 is 2.24 bits per heavy atom. The summed E-state index contributed by atoms with van der Waals surface area (Å²) in [6, 6.07) is 7.43. The van der Waals surface area contributed by atoms with Crippen molar-refractivity contribution in [2.24, 2.45) is 5.92 Å². The molecule has 0 spiro atoms. The van der Waals surface area contributed by atoms with Gasteiger partial charge in [0.15, 0.2) is 0 Å². The summed E-state index contributed by atoms with van der Waals surface area (Å²) < 4.78 is 5.49. The number of rotatable bonds is 4. The second-order valence-electron chi connectivity index (χ2n) is 3.98. The standard InChI is InChI=1S/C14H15NO2/c1-2-3-10-17-13-7-5-4-6-12(13)15-14(16)11-8-9-11/h4-7,11H,8-10H2,1H3,(H,15,16). The molecule has 3 nitrogen and oxygen atoms in total.